The Morgan fingerprint density at radius 3 is 2.80 bits per heavy atom. The van der Waals surface area contributed by atoms with Gasteiger partial charge in [-0.15, -0.1) is 0 Å². The number of carbonyl (C=O) groups is 2. The second-order valence-electron chi connectivity index (χ2n) is 7.23. The SMILES string of the molecule is Cc1nonc1CN(C)C(=O)CC1C(=O)NCCN1Cc1cccc(C(F)(F)F)c1. The zero-order valence-corrected chi connectivity index (χ0v) is 16.6. The lowest BCUT2D eigenvalue weighted by molar-refractivity contribution is -0.138. The molecule has 0 radical (unpaired) electrons. The van der Waals surface area contributed by atoms with Gasteiger partial charge in [0.25, 0.3) is 0 Å². The molecule has 0 bridgehead atoms. The van der Waals surface area contributed by atoms with Crippen LogP contribution in [0.25, 0.3) is 0 Å². The van der Waals surface area contributed by atoms with Crippen molar-refractivity contribution >= 4 is 11.8 Å². The summed E-state index contributed by atoms with van der Waals surface area (Å²) in [5, 5.41) is 10.1. The predicted molar refractivity (Wildman–Crippen MR) is 98.8 cm³/mol. The molecule has 162 valence electrons. The zero-order chi connectivity index (χ0) is 21.9. The van der Waals surface area contributed by atoms with Crippen molar-refractivity contribution in [2.45, 2.75) is 38.7 Å². The Bertz CT molecular complexity index is 915. The molecular formula is C19H22F3N5O3. The summed E-state index contributed by atoms with van der Waals surface area (Å²) in [6.07, 6.45) is -4.55. The number of nitrogens with zero attached hydrogens (tertiary/aromatic N) is 4. The summed E-state index contributed by atoms with van der Waals surface area (Å²) in [6.45, 7) is 2.80. The Morgan fingerprint density at radius 1 is 1.37 bits per heavy atom. The summed E-state index contributed by atoms with van der Waals surface area (Å²) in [5.41, 5.74) is 0.760. The smallest absolute Gasteiger partial charge is 0.353 e. The minimum atomic E-state index is -4.44. The maximum atomic E-state index is 13.0. The number of benzene rings is 1. The Labute approximate surface area is 171 Å². The van der Waals surface area contributed by atoms with E-state index in [1.807, 2.05) is 0 Å². The van der Waals surface area contributed by atoms with Crippen molar-refractivity contribution in [3.8, 4) is 0 Å². The number of halogens is 3. The van der Waals surface area contributed by atoms with Gasteiger partial charge in [-0.3, -0.25) is 14.5 Å². The average Bonchev–Trinajstić information content (AvgIpc) is 3.08. The number of aromatic nitrogens is 2. The van der Waals surface area contributed by atoms with Gasteiger partial charge in [-0.1, -0.05) is 28.5 Å². The van der Waals surface area contributed by atoms with Crippen molar-refractivity contribution in [3.05, 3.63) is 46.8 Å². The molecule has 0 saturated carbocycles. The Morgan fingerprint density at radius 2 is 2.13 bits per heavy atom. The first-order chi connectivity index (χ1) is 14.1. The van der Waals surface area contributed by atoms with E-state index in [1.165, 1.54) is 11.0 Å². The summed E-state index contributed by atoms with van der Waals surface area (Å²) < 4.78 is 43.6. The molecule has 2 aromatic rings. The van der Waals surface area contributed by atoms with Crippen LogP contribution in [0.15, 0.2) is 28.9 Å². The van der Waals surface area contributed by atoms with Gasteiger partial charge in [-0.25, -0.2) is 4.63 Å². The van der Waals surface area contributed by atoms with Crippen LogP contribution in [0.3, 0.4) is 0 Å². The number of amides is 2. The van der Waals surface area contributed by atoms with Gasteiger partial charge in [0, 0.05) is 26.7 Å². The molecule has 1 aromatic carbocycles. The second kappa shape index (κ2) is 8.82. The summed E-state index contributed by atoms with van der Waals surface area (Å²) in [6, 6.07) is 4.21. The summed E-state index contributed by atoms with van der Waals surface area (Å²) in [5.74, 6) is -0.622. The molecule has 3 rings (SSSR count). The van der Waals surface area contributed by atoms with Gasteiger partial charge < -0.3 is 10.2 Å². The van der Waals surface area contributed by atoms with E-state index in [9.17, 15) is 22.8 Å². The Balaban J connectivity index is 1.69. The van der Waals surface area contributed by atoms with E-state index in [2.05, 4.69) is 20.3 Å². The van der Waals surface area contributed by atoms with E-state index >= 15 is 0 Å². The summed E-state index contributed by atoms with van der Waals surface area (Å²) >= 11 is 0. The highest BCUT2D eigenvalue weighted by molar-refractivity contribution is 5.88. The molecule has 30 heavy (non-hydrogen) atoms. The molecular weight excluding hydrogens is 403 g/mol. The average molecular weight is 425 g/mol. The normalized spacial score (nSPS) is 17.6. The fraction of sp³-hybridized carbons (Fsp3) is 0.474. The van der Waals surface area contributed by atoms with Gasteiger partial charge in [0.15, 0.2) is 0 Å². The van der Waals surface area contributed by atoms with Crippen LogP contribution in [0.1, 0.15) is 28.9 Å². The molecule has 1 atom stereocenters. The maximum absolute atomic E-state index is 13.0. The number of nitrogens with one attached hydrogen (secondary N) is 1. The van der Waals surface area contributed by atoms with Crippen LogP contribution in [-0.2, 0) is 28.9 Å². The van der Waals surface area contributed by atoms with E-state index in [0.29, 0.717) is 30.0 Å². The third-order valence-electron chi connectivity index (χ3n) is 5.01. The third-order valence-corrected chi connectivity index (χ3v) is 5.01. The lowest BCUT2D eigenvalue weighted by Crippen LogP contribution is -2.56. The fourth-order valence-corrected chi connectivity index (χ4v) is 3.28. The van der Waals surface area contributed by atoms with Gasteiger partial charge in [0.2, 0.25) is 11.8 Å². The predicted octanol–water partition coefficient (Wildman–Crippen LogP) is 1.75. The van der Waals surface area contributed by atoms with E-state index in [4.69, 9.17) is 0 Å². The lowest BCUT2D eigenvalue weighted by atomic mass is 10.0. The minimum absolute atomic E-state index is 0.106. The Hall–Kier alpha value is -2.95. The molecule has 1 aliphatic heterocycles. The molecule has 0 aliphatic carbocycles. The molecule has 1 unspecified atom stereocenters. The highest BCUT2D eigenvalue weighted by atomic mass is 19.4. The summed E-state index contributed by atoms with van der Waals surface area (Å²) in [4.78, 5) is 28.2. The highest BCUT2D eigenvalue weighted by Gasteiger charge is 2.34. The first kappa shape index (κ1) is 21.8. The monoisotopic (exact) mass is 425 g/mol. The quantitative estimate of drug-likeness (QED) is 0.758. The van der Waals surface area contributed by atoms with Crippen LogP contribution in [0.5, 0.6) is 0 Å². The molecule has 1 aliphatic rings. The number of piperazine rings is 1. The highest BCUT2D eigenvalue weighted by Crippen LogP contribution is 2.30. The number of hydrogen-bond donors (Lipinski definition) is 1. The van der Waals surface area contributed by atoms with Crippen molar-refractivity contribution in [1.29, 1.82) is 0 Å². The van der Waals surface area contributed by atoms with Gasteiger partial charge in [0.05, 0.1) is 24.6 Å². The molecule has 8 nitrogen and oxygen atoms in total. The second-order valence-corrected chi connectivity index (χ2v) is 7.23. The molecule has 0 spiro atoms. The molecule has 1 aromatic heterocycles. The molecule has 11 heteroatoms. The van der Waals surface area contributed by atoms with Crippen LogP contribution in [-0.4, -0.2) is 58.1 Å². The number of rotatable bonds is 6. The van der Waals surface area contributed by atoms with Crippen LogP contribution in [0, 0.1) is 6.92 Å². The molecule has 2 amide bonds. The largest absolute Gasteiger partial charge is 0.416 e. The van der Waals surface area contributed by atoms with E-state index in [0.717, 1.165) is 12.1 Å². The first-order valence-electron chi connectivity index (χ1n) is 9.35. The lowest BCUT2D eigenvalue weighted by Gasteiger charge is -2.35. The standard InChI is InChI=1S/C19H22F3N5O3/c1-12-15(25-30-24-12)11-26(2)17(28)9-16-18(29)23-6-7-27(16)10-13-4-3-5-14(8-13)19(20,21)22/h3-5,8,16H,6-7,9-11H2,1-2H3,(H,23,29). The molecule has 1 saturated heterocycles. The number of carbonyl (C=O) groups excluding carboxylic acids is 2. The van der Waals surface area contributed by atoms with Gasteiger partial charge >= 0.3 is 6.18 Å². The van der Waals surface area contributed by atoms with Gasteiger partial charge in [-0.05, 0) is 18.6 Å². The van der Waals surface area contributed by atoms with Crippen LogP contribution < -0.4 is 5.32 Å². The van der Waals surface area contributed by atoms with Crippen molar-refractivity contribution in [1.82, 2.24) is 25.4 Å². The van der Waals surface area contributed by atoms with Crippen molar-refractivity contribution in [2.75, 3.05) is 20.1 Å². The fourth-order valence-electron chi connectivity index (χ4n) is 3.28. The van der Waals surface area contributed by atoms with E-state index in [1.54, 1.807) is 24.9 Å². The van der Waals surface area contributed by atoms with E-state index < -0.39 is 17.8 Å². The van der Waals surface area contributed by atoms with E-state index in [-0.39, 0.29) is 31.3 Å². The van der Waals surface area contributed by atoms with Crippen molar-refractivity contribution in [3.63, 3.8) is 0 Å². The zero-order valence-electron chi connectivity index (χ0n) is 16.6. The maximum Gasteiger partial charge on any atom is 0.416 e. The Kier molecular flexibility index (Phi) is 6.40. The van der Waals surface area contributed by atoms with Crippen molar-refractivity contribution in [2.24, 2.45) is 0 Å². The van der Waals surface area contributed by atoms with Crippen molar-refractivity contribution < 1.29 is 27.4 Å². The van der Waals surface area contributed by atoms with Crippen LogP contribution in [0.2, 0.25) is 0 Å². The minimum Gasteiger partial charge on any atom is -0.353 e. The van der Waals surface area contributed by atoms with Crippen LogP contribution >= 0.6 is 0 Å². The van der Waals surface area contributed by atoms with Gasteiger partial charge in [0.1, 0.15) is 11.4 Å². The molecule has 2 heterocycles. The number of hydrogen-bond acceptors (Lipinski definition) is 6. The van der Waals surface area contributed by atoms with Gasteiger partial charge in [-0.2, -0.15) is 13.2 Å². The topological polar surface area (TPSA) is 91.6 Å². The van der Waals surface area contributed by atoms with Crippen LogP contribution in [0.4, 0.5) is 13.2 Å². The number of aryl methyl sites for hydroxylation is 1. The first-order valence-corrected chi connectivity index (χ1v) is 9.35. The molecule has 1 fully saturated rings. The number of alkyl halides is 3. The summed E-state index contributed by atoms with van der Waals surface area (Å²) in [7, 11) is 1.58. The molecule has 1 N–H and O–H groups in total. The third kappa shape index (κ3) is 5.15.